The van der Waals surface area contributed by atoms with Gasteiger partial charge in [-0.15, -0.1) is 0 Å². The maximum Gasteiger partial charge on any atom is 0.267 e. The maximum atomic E-state index is 10.8. The fraction of sp³-hybridized carbons (Fsp3) is 0.429. The van der Waals surface area contributed by atoms with E-state index in [1.54, 1.807) is 6.92 Å². The van der Waals surface area contributed by atoms with Crippen LogP contribution in [0.4, 0.5) is 0 Å². The highest BCUT2D eigenvalue weighted by Crippen LogP contribution is 1.97. The Kier molecular flexibility index (Phi) is 1.94. The van der Waals surface area contributed by atoms with Crippen molar-refractivity contribution in [3.8, 4) is 0 Å². The molecule has 0 aliphatic carbocycles. The summed E-state index contributed by atoms with van der Waals surface area (Å²) in [6.45, 7) is 3.18. The molecule has 0 spiro atoms. The Morgan fingerprint density at radius 2 is 2.09 bits per heavy atom. The molecule has 1 heterocycles. The summed E-state index contributed by atoms with van der Waals surface area (Å²) in [5, 5.41) is 5.06. The van der Waals surface area contributed by atoms with Crippen LogP contribution in [-0.2, 0) is 11.2 Å². The molecule has 1 aromatic heterocycles. The van der Waals surface area contributed by atoms with E-state index in [1.807, 2.05) is 0 Å². The van der Waals surface area contributed by atoms with Crippen LogP contribution in [0.25, 0.3) is 0 Å². The number of aromatic nitrogens is 2. The number of H-pyrrole nitrogens is 2. The zero-order valence-corrected chi connectivity index (χ0v) is 6.52. The van der Waals surface area contributed by atoms with Gasteiger partial charge in [-0.25, -0.2) is 0 Å². The van der Waals surface area contributed by atoms with E-state index < -0.39 is 0 Å². The van der Waals surface area contributed by atoms with E-state index in [9.17, 15) is 9.59 Å². The van der Waals surface area contributed by atoms with Crippen LogP contribution in [0.2, 0.25) is 0 Å². The molecule has 0 bridgehead atoms. The van der Waals surface area contributed by atoms with E-state index in [0.29, 0.717) is 17.7 Å². The van der Waals surface area contributed by atoms with Crippen LogP contribution in [-0.4, -0.2) is 16.0 Å². The lowest BCUT2D eigenvalue weighted by Crippen LogP contribution is -2.03. The second kappa shape index (κ2) is 2.74. The first-order valence-corrected chi connectivity index (χ1v) is 3.37. The van der Waals surface area contributed by atoms with Gasteiger partial charge in [0, 0.05) is 17.7 Å². The molecule has 0 aromatic carbocycles. The number of hydrogen-bond acceptors (Lipinski definition) is 2. The average molecular weight is 154 g/mol. The summed E-state index contributed by atoms with van der Waals surface area (Å²) in [4.78, 5) is 21.5. The quantitative estimate of drug-likeness (QED) is 0.636. The van der Waals surface area contributed by atoms with Crippen LogP contribution in [0.3, 0.4) is 0 Å². The molecule has 11 heavy (non-hydrogen) atoms. The molecular weight excluding hydrogens is 144 g/mol. The minimum Gasteiger partial charge on any atom is -0.302 e. The Bertz CT molecular complexity index is 321. The van der Waals surface area contributed by atoms with Crippen LogP contribution in [0.5, 0.6) is 0 Å². The van der Waals surface area contributed by atoms with Gasteiger partial charge in [0.2, 0.25) is 0 Å². The van der Waals surface area contributed by atoms with Crippen LogP contribution < -0.4 is 5.56 Å². The summed E-state index contributed by atoms with van der Waals surface area (Å²) in [5.41, 5.74) is 1.13. The van der Waals surface area contributed by atoms with Gasteiger partial charge in [0.25, 0.3) is 5.56 Å². The van der Waals surface area contributed by atoms with Gasteiger partial charge in [-0.05, 0) is 13.8 Å². The van der Waals surface area contributed by atoms with Gasteiger partial charge in [-0.1, -0.05) is 0 Å². The molecular formula is C7H10N2O2. The number of hydrogen-bond donors (Lipinski definition) is 2. The fourth-order valence-corrected chi connectivity index (χ4v) is 0.882. The van der Waals surface area contributed by atoms with Gasteiger partial charge in [-0.2, -0.15) is 0 Å². The standard InChI is InChI=1S/C7H10N2O2/c1-4(10)3-6-5(2)7(11)9-8-6/h3H2,1-2H3,(H2,8,9,11). The minimum absolute atomic E-state index is 0.0448. The third-order valence-corrected chi connectivity index (χ3v) is 1.55. The van der Waals surface area contributed by atoms with Crippen molar-refractivity contribution in [2.45, 2.75) is 20.3 Å². The molecule has 0 fully saturated rings. The monoisotopic (exact) mass is 154 g/mol. The third kappa shape index (κ3) is 1.58. The number of nitrogens with one attached hydrogen (secondary N) is 2. The van der Waals surface area contributed by atoms with Crippen LogP contribution >= 0.6 is 0 Å². The molecule has 2 N–H and O–H groups in total. The summed E-state index contributed by atoms with van der Waals surface area (Å²) in [6.07, 6.45) is 0.296. The second-order valence-corrected chi connectivity index (χ2v) is 2.56. The SMILES string of the molecule is CC(=O)Cc1[nH][nH]c(=O)c1C. The molecule has 0 aliphatic rings. The minimum atomic E-state index is -0.152. The highest BCUT2D eigenvalue weighted by atomic mass is 16.1. The Morgan fingerprint density at radius 3 is 2.45 bits per heavy atom. The lowest BCUT2D eigenvalue weighted by Gasteiger charge is -1.91. The van der Waals surface area contributed by atoms with Crippen molar-refractivity contribution >= 4 is 5.78 Å². The molecule has 4 heteroatoms. The third-order valence-electron chi connectivity index (χ3n) is 1.55. The zero-order chi connectivity index (χ0) is 8.43. The van der Waals surface area contributed by atoms with Crippen molar-refractivity contribution < 1.29 is 4.79 Å². The summed E-state index contributed by atoms with van der Waals surface area (Å²) in [6, 6.07) is 0. The molecule has 60 valence electrons. The molecule has 4 nitrogen and oxygen atoms in total. The summed E-state index contributed by atoms with van der Waals surface area (Å²) >= 11 is 0. The Labute approximate surface area is 63.6 Å². The van der Waals surface area contributed by atoms with E-state index in [4.69, 9.17) is 0 Å². The van der Waals surface area contributed by atoms with Crippen molar-refractivity contribution in [3.05, 3.63) is 21.6 Å². The van der Waals surface area contributed by atoms with Gasteiger partial charge < -0.3 is 5.10 Å². The van der Waals surface area contributed by atoms with Crippen molar-refractivity contribution in [3.63, 3.8) is 0 Å². The van der Waals surface area contributed by atoms with Gasteiger partial charge in [0.05, 0.1) is 0 Å². The van der Waals surface area contributed by atoms with Crippen LogP contribution in [0, 0.1) is 6.92 Å². The molecule has 1 rings (SSSR count). The molecule has 0 unspecified atom stereocenters. The molecule has 0 saturated carbocycles. The van der Waals surface area contributed by atoms with Crippen molar-refractivity contribution in [2.75, 3.05) is 0 Å². The smallest absolute Gasteiger partial charge is 0.267 e. The summed E-state index contributed by atoms with van der Waals surface area (Å²) in [5.74, 6) is 0.0448. The number of rotatable bonds is 2. The normalized spacial score (nSPS) is 10.0. The molecule has 0 amide bonds. The highest BCUT2D eigenvalue weighted by Gasteiger charge is 2.05. The fourth-order valence-electron chi connectivity index (χ4n) is 0.882. The number of carbonyl (C=O) groups is 1. The predicted molar refractivity (Wildman–Crippen MR) is 40.5 cm³/mol. The van der Waals surface area contributed by atoms with Gasteiger partial charge in [0.1, 0.15) is 5.78 Å². The van der Waals surface area contributed by atoms with Gasteiger partial charge >= 0.3 is 0 Å². The lowest BCUT2D eigenvalue weighted by molar-refractivity contribution is -0.116. The highest BCUT2D eigenvalue weighted by molar-refractivity contribution is 5.77. The lowest BCUT2D eigenvalue weighted by atomic mass is 10.2. The number of Topliss-reactive ketones (excluding diaryl/α,β-unsaturated/α-hetero) is 1. The van der Waals surface area contributed by atoms with E-state index in [-0.39, 0.29) is 11.3 Å². The number of aromatic amines is 2. The number of ketones is 1. The largest absolute Gasteiger partial charge is 0.302 e. The zero-order valence-electron chi connectivity index (χ0n) is 6.52. The van der Waals surface area contributed by atoms with Gasteiger partial charge in [0.15, 0.2) is 0 Å². The first-order chi connectivity index (χ1) is 5.11. The first kappa shape index (κ1) is 7.78. The molecule has 1 aromatic rings. The van der Waals surface area contributed by atoms with E-state index >= 15 is 0 Å². The Morgan fingerprint density at radius 1 is 1.45 bits per heavy atom. The Hall–Kier alpha value is -1.32. The van der Waals surface area contributed by atoms with Crippen molar-refractivity contribution in [1.82, 2.24) is 10.2 Å². The predicted octanol–water partition coefficient (Wildman–Crippen LogP) is 0.143. The second-order valence-electron chi connectivity index (χ2n) is 2.56. The van der Waals surface area contributed by atoms with Crippen LogP contribution in [0.15, 0.2) is 4.79 Å². The molecule has 0 radical (unpaired) electrons. The maximum absolute atomic E-state index is 10.8. The summed E-state index contributed by atoms with van der Waals surface area (Å²) < 4.78 is 0. The topological polar surface area (TPSA) is 65.7 Å². The molecule has 0 saturated heterocycles. The van der Waals surface area contributed by atoms with Crippen LogP contribution in [0.1, 0.15) is 18.2 Å². The van der Waals surface area contributed by atoms with E-state index in [1.165, 1.54) is 6.92 Å². The van der Waals surface area contributed by atoms with Crippen molar-refractivity contribution in [2.24, 2.45) is 0 Å². The average Bonchev–Trinajstić information content (AvgIpc) is 2.18. The van der Waals surface area contributed by atoms with Gasteiger partial charge in [-0.3, -0.25) is 14.7 Å². The van der Waals surface area contributed by atoms with E-state index in [0.717, 1.165) is 0 Å². The van der Waals surface area contributed by atoms with Crippen molar-refractivity contribution in [1.29, 1.82) is 0 Å². The molecule has 0 aliphatic heterocycles. The summed E-state index contributed by atoms with van der Waals surface area (Å²) in [7, 11) is 0. The Balaban J connectivity index is 2.96. The molecule has 0 atom stereocenters. The first-order valence-electron chi connectivity index (χ1n) is 3.37. The number of carbonyl (C=O) groups excluding carboxylic acids is 1. The van der Waals surface area contributed by atoms with E-state index in [2.05, 4.69) is 10.2 Å².